The molecule has 0 N–H and O–H groups in total. The van der Waals surface area contributed by atoms with E-state index in [-0.39, 0.29) is 0 Å². The van der Waals surface area contributed by atoms with Crippen LogP contribution < -0.4 is 4.90 Å². The van der Waals surface area contributed by atoms with Crippen molar-refractivity contribution in [2.24, 2.45) is 5.92 Å². The molecule has 0 spiro atoms. The van der Waals surface area contributed by atoms with E-state index in [1.807, 2.05) is 28.8 Å². The molecule has 0 aliphatic carbocycles. The fourth-order valence-electron chi connectivity index (χ4n) is 3.19. The fraction of sp³-hybridized carbons (Fsp3) is 0.588. The lowest BCUT2D eigenvalue weighted by molar-refractivity contribution is -0.132. The van der Waals surface area contributed by atoms with Crippen LogP contribution in [0.15, 0.2) is 18.3 Å². The van der Waals surface area contributed by atoms with E-state index in [2.05, 4.69) is 16.0 Å². The predicted molar refractivity (Wildman–Crippen MR) is 92.4 cm³/mol. The van der Waals surface area contributed by atoms with E-state index in [9.17, 15) is 4.79 Å². The monoisotopic (exact) mass is 330 g/mol. The van der Waals surface area contributed by atoms with Gasteiger partial charge in [0.15, 0.2) is 0 Å². The molecule has 122 valence electrons. The summed E-state index contributed by atoms with van der Waals surface area (Å²) in [6, 6.07) is 5.82. The number of aromatic nitrogens is 1. The van der Waals surface area contributed by atoms with Gasteiger partial charge in [-0.05, 0) is 30.9 Å². The number of piperidine rings is 1. The van der Waals surface area contributed by atoms with Crippen LogP contribution >= 0.6 is 11.8 Å². The molecule has 0 saturated carbocycles. The Morgan fingerprint density at radius 2 is 2.00 bits per heavy atom. The van der Waals surface area contributed by atoms with Crippen molar-refractivity contribution < 1.29 is 4.79 Å². The van der Waals surface area contributed by atoms with Gasteiger partial charge in [-0.15, -0.1) is 0 Å². The second kappa shape index (κ2) is 7.69. The van der Waals surface area contributed by atoms with Gasteiger partial charge in [-0.1, -0.05) is 0 Å². The summed E-state index contributed by atoms with van der Waals surface area (Å²) < 4.78 is 0. The summed E-state index contributed by atoms with van der Waals surface area (Å²) in [5.41, 5.74) is 0.592. The van der Waals surface area contributed by atoms with Crippen molar-refractivity contribution in [3.63, 3.8) is 0 Å². The molecule has 3 rings (SSSR count). The molecular weight excluding hydrogens is 308 g/mol. The summed E-state index contributed by atoms with van der Waals surface area (Å²) in [6.45, 7) is 3.70. The predicted octanol–water partition coefficient (Wildman–Crippen LogP) is 2.14. The lowest BCUT2D eigenvalue weighted by atomic mass is 9.93. The van der Waals surface area contributed by atoms with E-state index in [1.165, 1.54) is 0 Å². The summed E-state index contributed by atoms with van der Waals surface area (Å²) >= 11 is 1.94. The number of carbonyl (C=O) groups is 1. The van der Waals surface area contributed by atoms with E-state index >= 15 is 0 Å². The van der Waals surface area contributed by atoms with Crippen molar-refractivity contribution in [1.29, 1.82) is 5.26 Å². The van der Waals surface area contributed by atoms with Crippen LogP contribution in [0.2, 0.25) is 0 Å². The Bertz CT molecular complexity index is 569. The zero-order valence-electron chi connectivity index (χ0n) is 13.3. The van der Waals surface area contributed by atoms with Crippen LogP contribution in [-0.4, -0.2) is 53.5 Å². The van der Waals surface area contributed by atoms with Gasteiger partial charge in [-0.25, -0.2) is 4.98 Å². The second-order valence-electron chi connectivity index (χ2n) is 6.14. The first kappa shape index (κ1) is 16.1. The molecule has 0 bridgehead atoms. The second-order valence-corrected chi connectivity index (χ2v) is 7.37. The number of nitriles is 1. The van der Waals surface area contributed by atoms with Gasteiger partial charge in [-0.2, -0.15) is 17.0 Å². The summed E-state index contributed by atoms with van der Waals surface area (Å²) in [5, 5.41) is 8.82. The number of thioether (sulfide) groups is 1. The molecule has 1 aromatic heterocycles. The van der Waals surface area contributed by atoms with Crippen LogP contribution in [0.4, 0.5) is 5.82 Å². The van der Waals surface area contributed by atoms with E-state index < -0.39 is 0 Å². The molecule has 2 saturated heterocycles. The van der Waals surface area contributed by atoms with Gasteiger partial charge in [0.05, 0.1) is 5.56 Å². The number of rotatable bonds is 3. The maximum absolute atomic E-state index is 12.3. The Labute approximate surface area is 141 Å². The SMILES string of the molecule is N#Cc1ccc(N2CCC(CC(=O)N3CCSCC3)CC2)nc1. The van der Waals surface area contributed by atoms with Crippen LogP contribution in [0.5, 0.6) is 0 Å². The average Bonchev–Trinajstić information content (AvgIpc) is 2.63. The van der Waals surface area contributed by atoms with Gasteiger partial charge in [0.2, 0.25) is 5.91 Å². The Kier molecular flexibility index (Phi) is 5.39. The highest BCUT2D eigenvalue weighted by atomic mass is 32.2. The van der Waals surface area contributed by atoms with Crippen molar-refractivity contribution in [3.05, 3.63) is 23.9 Å². The molecule has 5 nitrogen and oxygen atoms in total. The minimum Gasteiger partial charge on any atom is -0.357 e. The third-order valence-corrected chi connectivity index (χ3v) is 5.59. The van der Waals surface area contributed by atoms with E-state index in [1.54, 1.807) is 6.20 Å². The molecule has 0 radical (unpaired) electrons. The minimum absolute atomic E-state index is 0.334. The molecule has 2 fully saturated rings. The molecule has 2 aliphatic heterocycles. The van der Waals surface area contributed by atoms with Crippen molar-refractivity contribution in [2.45, 2.75) is 19.3 Å². The summed E-state index contributed by atoms with van der Waals surface area (Å²) in [5.74, 6) is 3.91. The van der Waals surface area contributed by atoms with Gasteiger partial charge in [0.25, 0.3) is 0 Å². The first-order chi connectivity index (χ1) is 11.3. The van der Waals surface area contributed by atoms with Crippen molar-refractivity contribution in [3.8, 4) is 6.07 Å². The largest absolute Gasteiger partial charge is 0.357 e. The quantitative estimate of drug-likeness (QED) is 0.850. The molecule has 2 aliphatic rings. The van der Waals surface area contributed by atoms with E-state index in [4.69, 9.17) is 5.26 Å². The minimum atomic E-state index is 0.334. The van der Waals surface area contributed by atoms with Crippen LogP contribution in [0, 0.1) is 17.2 Å². The van der Waals surface area contributed by atoms with Crippen LogP contribution in [-0.2, 0) is 4.79 Å². The maximum atomic E-state index is 12.3. The number of carbonyl (C=O) groups excluding carboxylic acids is 1. The Morgan fingerprint density at radius 3 is 2.61 bits per heavy atom. The Hall–Kier alpha value is -1.74. The molecule has 3 heterocycles. The third kappa shape index (κ3) is 4.17. The highest BCUT2D eigenvalue weighted by Crippen LogP contribution is 2.25. The molecule has 0 atom stereocenters. The van der Waals surface area contributed by atoms with Gasteiger partial charge in [0, 0.05) is 50.3 Å². The molecule has 1 aromatic rings. The van der Waals surface area contributed by atoms with Crippen LogP contribution in [0.1, 0.15) is 24.8 Å². The first-order valence-electron chi connectivity index (χ1n) is 8.23. The Balaban J connectivity index is 1.48. The summed E-state index contributed by atoms with van der Waals surface area (Å²) in [6.07, 6.45) is 4.39. The van der Waals surface area contributed by atoms with E-state index in [0.717, 1.165) is 56.3 Å². The van der Waals surface area contributed by atoms with Crippen molar-refractivity contribution >= 4 is 23.5 Å². The highest BCUT2D eigenvalue weighted by Gasteiger charge is 2.25. The van der Waals surface area contributed by atoms with Gasteiger partial charge in [-0.3, -0.25) is 4.79 Å². The summed E-state index contributed by atoms with van der Waals surface area (Å²) in [7, 11) is 0. The van der Waals surface area contributed by atoms with Crippen molar-refractivity contribution in [1.82, 2.24) is 9.88 Å². The average molecular weight is 330 g/mol. The number of anilines is 1. The number of hydrogen-bond donors (Lipinski definition) is 0. The fourth-order valence-corrected chi connectivity index (χ4v) is 4.10. The zero-order valence-corrected chi connectivity index (χ0v) is 14.1. The number of amides is 1. The van der Waals surface area contributed by atoms with Crippen LogP contribution in [0.3, 0.4) is 0 Å². The maximum Gasteiger partial charge on any atom is 0.222 e. The van der Waals surface area contributed by atoms with Crippen LogP contribution in [0.25, 0.3) is 0 Å². The lowest BCUT2D eigenvalue weighted by Crippen LogP contribution is -2.40. The smallest absolute Gasteiger partial charge is 0.222 e. The molecular formula is C17H22N4OS. The molecule has 0 aromatic carbocycles. The summed E-state index contributed by atoms with van der Waals surface area (Å²) in [4.78, 5) is 21.0. The Morgan fingerprint density at radius 1 is 1.26 bits per heavy atom. The van der Waals surface area contributed by atoms with Gasteiger partial charge < -0.3 is 9.80 Å². The molecule has 0 unspecified atom stereocenters. The third-order valence-electron chi connectivity index (χ3n) is 4.64. The highest BCUT2D eigenvalue weighted by molar-refractivity contribution is 7.99. The number of hydrogen-bond acceptors (Lipinski definition) is 5. The molecule has 1 amide bonds. The normalized spacial score (nSPS) is 19.4. The standard InChI is InChI=1S/C17H22N4OS/c18-12-15-1-2-16(19-13-15)20-5-3-14(4-6-20)11-17(22)21-7-9-23-10-8-21/h1-2,13-14H,3-11H2. The van der Waals surface area contributed by atoms with E-state index in [0.29, 0.717) is 23.8 Å². The van der Waals surface area contributed by atoms with Gasteiger partial charge in [0.1, 0.15) is 11.9 Å². The number of pyridine rings is 1. The topological polar surface area (TPSA) is 60.2 Å². The first-order valence-corrected chi connectivity index (χ1v) is 9.38. The number of nitrogens with zero attached hydrogens (tertiary/aromatic N) is 4. The molecule has 6 heteroatoms. The lowest BCUT2D eigenvalue weighted by Gasteiger charge is -2.34. The van der Waals surface area contributed by atoms with Gasteiger partial charge >= 0.3 is 0 Å². The molecule has 23 heavy (non-hydrogen) atoms. The zero-order chi connectivity index (χ0) is 16.1. The van der Waals surface area contributed by atoms with Crippen molar-refractivity contribution in [2.75, 3.05) is 42.6 Å².